The van der Waals surface area contributed by atoms with Gasteiger partial charge in [-0.25, -0.2) is 4.39 Å². The first-order valence-corrected chi connectivity index (χ1v) is 5.43. The highest BCUT2D eigenvalue weighted by Crippen LogP contribution is 2.24. The maximum Gasteiger partial charge on any atom is 0.137 e. The molecule has 1 unspecified atom stereocenters. The van der Waals surface area contributed by atoms with Gasteiger partial charge in [0.1, 0.15) is 5.82 Å². The number of hydrogen-bond acceptors (Lipinski definition) is 1. The fraction of sp³-hybridized carbons (Fsp3) is 0.455. The molecule has 1 N–H and O–H groups in total. The summed E-state index contributed by atoms with van der Waals surface area (Å²) in [4.78, 5) is 0. The SMILES string of the molecule is CC(C)CC(O)c1ccc(Br)c(F)c1. The summed E-state index contributed by atoms with van der Waals surface area (Å²) < 4.78 is 13.5. The fourth-order valence-corrected chi connectivity index (χ4v) is 1.55. The Morgan fingerprint density at radius 3 is 2.57 bits per heavy atom. The summed E-state index contributed by atoms with van der Waals surface area (Å²) in [6.45, 7) is 4.05. The van der Waals surface area contributed by atoms with E-state index in [1.807, 2.05) is 13.8 Å². The maximum absolute atomic E-state index is 13.1. The smallest absolute Gasteiger partial charge is 0.137 e. The second-order valence-corrected chi connectivity index (χ2v) is 4.67. The maximum atomic E-state index is 13.1. The van der Waals surface area contributed by atoms with Crippen LogP contribution in [0.4, 0.5) is 4.39 Å². The van der Waals surface area contributed by atoms with E-state index >= 15 is 0 Å². The van der Waals surface area contributed by atoms with Crippen LogP contribution >= 0.6 is 15.9 Å². The van der Waals surface area contributed by atoms with Crippen molar-refractivity contribution in [3.8, 4) is 0 Å². The highest BCUT2D eigenvalue weighted by Gasteiger charge is 2.11. The molecule has 14 heavy (non-hydrogen) atoms. The summed E-state index contributed by atoms with van der Waals surface area (Å²) in [5.41, 5.74) is 0.638. The summed E-state index contributed by atoms with van der Waals surface area (Å²) >= 11 is 3.07. The van der Waals surface area contributed by atoms with Crippen LogP contribution in [0.25, 0.3) is 0 Å². The van der Waals surface area contributed by atoms with Crippen LogP contribution in [0.5, 0.6) is 0 Å². The molecule has 0 aliphatic rings. The molecule has 3 heteroatoms. The number of aliphatic hydroxyl groups is 1. The lowest BCUT2D eigenvalue weighted by molar-refractivity contribution is 0.150. The first kappa shape index (κ1) is 11.7. The van der Waals surface area contributed by atoms with Crippen molar-refractivity contribution in [2.75, 3.05) is 0 Å². The van der Waals surface area contributed by atoms with E-state index in [1.54, 1.807) is 12.1 Å². The summed E-state index contributed by atoms with van der Waals surface area (Å²) in [5, 5.41) is 9.72. The fourth-order valence-electron chi connectivity index (χ4n) is 1.30. The summed E-state index contributed by atoms with van der Waals surface area (Å²) in [7, 11) is 0. The number of hydrogen-bond donors (Lipinski definition) is 1. The standard InChI is InChI=1S/C11H14BrFO/c1-7(2)5-11(14)8-3-4-9(12)10(13)6-8/h3-4,6-7,11,14H,5H2,1-2H3. The van der Waals surface area contributed by atoms with Crippen LogP contribution in [0.2, 0.25) is 0 Å². The molecule has 0 fully saturated rings. The number of aliphatic hydroxyl groups excluding tert-OH is 1. The Bertz CT molecular complexity index is 312. The van der Waals surface area contributed by atoms with Crippen LogP contribution in [0.3, 0.4) is 0 Å². The summed E-state index contributed by atoms with van der Waals surface area (Å²) in [6.07, 6.45) is 0.0822. The highest BCUT2D eigenvalue weighted by molar-refractivity contribution is 9.10. The van der Waals surface area contributed by atoms with E-state index in [1.165, 1.54) is 6.07 Å². The van der Waals surface area contributed by atoms with Crippen molar-refractivity contribution in [3.63, 3.8) is 0 Å². The van der Waals surface area contributed by atoms with Gasteiger partial charge in [0.15, 0.2) is 0 Å². The van der Waals surface area contributed by atoms with E-state index in [2.05, 4.69) is 15.9 Å². The molecule has 78 valence electrons. The third kappa shape index (κ3) is 3.07. The Labute approximate surface area is 92.1 Å². The van der Waals surface area contributed by atoms with Gasteiger partial charge in [-0.2, -0.15) is 0 Å². The average Bonchev–Trinajstić information content (AvgIpc) is 2.08. The zero-order valence-corrected chi connectivity index (χ0v) is 9.88. The molecule has 0 saturated heterocycles. The van der Waals surface area contributed by atoms with Crippen LogP contribution in [0, 0.1) is 11.7 Å². The van der Waals surface area contributed by atoms with Crippen LogP contribution < -0.4 is 0 Å². The highest BCUT2D eigenvalue weighted by atomic mass is 79.9. The molecule has 0 bridgehead atoms. The lowest BCUT2D eigenvalue weighted by Crippen LogP contribution is -2.02. The molecule has 0 aliphatic carbocycles. The minimum absolute atomic E-state index is 0.328. The first-order valence-electron chi connectivity index (χ1n) is 4.63. The molecule has 0 aromatic heterocycles. The van der Waals surface area contributed by atoms with E-state index in [9.17, 15) is 9.50 Å². The molecular formula is C11H14BrFO. The summed E-state index contributed by atoms with van der Waals surface area (Å²) in [5.74, 6) is 0.0713. The molecule has 0 spiro atoms. The van der Waals surface area contributed by atoms with Gasteiger partial charge >= 0.3 is 0 Å². The Kier molecular flexibility index (Phi) is 4.08. The van der Waals surface area contributed by atoms with Crippen molar-refractivity contribution in [2.45, 2.75) is 26.4 Å². The molecule has 1 aromatic carbocycles. The van der Waals surface area contributed by atoms with Crippen molar-refractivity contribution in [3.05, 3.63) is 34.1 Å². The quantitative estimate of drug-likeness (QED) is 0.880. The van der Waals surface area contributed by atoms with Crippen LogP contribution in [0.1, 0.15) is 31.9 Å². The third-order valence-electron chi connectivity index (χ3n) is 2.02. The van der Waals surface area contributed by atoms with E-state index in [0.29, 0.717) is 22.4 Å². The topological polar surface area (TPSA) is 20.2 Å². The van der Waals surface area contributed by atoms with Crippen LogP contribution in [0.15, 0.2) is 22.7 Å². The number of halogens is 2. The van der Waals surface area contributed by atoms with Gasteiger partial charge in [0, 0.05) is 0 Å². The molecule has 0 heterocycles. The minimum Gasteiger partial charge on any atom is -0.388 e. The Morgan fingerprint density at radius 2 is 2.07 bits per heavy atom. The Morgan fingerprint density at radius 1 is 1.43 bits per heavy atom. The largest absolute Gasteiger partial charge is 0.388 e. The van der Waals surface area contributed by atoms with E-state index in [-0.39, 0.29) is 5.82 Å². The molecule has 0 radical (unpaired) electrons. The molecule has 0 aliphatic heterocycles. The zero-order valence-electron chi connectivity index (χ0n) is 8.30. The van der Waals surface area contributed by atoms with Gasteiger partial charge in [-0.05, 0) is 46.0 Å². The van der Waals surface area contributed by atoms with Crippen molar-refractivity contribution in [2.24, 2.45) is 5.92 Å². The van der Waals surface area contributed by atoms with E-state index in [0.717, 1.165) is 0 Å². The van der Waals surface area contributed by atoms with Crippen molar-refractivity contribution < 1.29 is 9.50 Å². The van der Waals surface area contributed by atoms with Crippen molar-refractivity contribution in [1.82, 2.24) is 0 Å². The minimum atomic E-state index is -0.572. The van der Waals surface area contributed by atoms with Crippen LogP contribution in [-0.4, -0.2) is 5.11 Å². The van der Waals surface area contributed by atoms with Gasteiger partial charge in [0.25, 0.3) is 0 Å². The Hall–Kier alpha value is -0.410. The molecule has 1 rings (SSSR count). The van der Waals surface area contributed by atoms with Gasteiger partial charge in [-0.15, -0.1) is 0 Å². The molecule has 1 nitrogen and oxygen atoms in total. The van der Waals surface area contributed by atoms with Crippen molar-refractivity contribution >= 4 is 15.9 Å². The molecular weight excluding hydrogens is 247 g/mol. The summed E-state index contributed by atoms with van der Waals surface area (Å²) in [6, 6.07) is 4.73. The lowest BCUT2D eigenvalue weighted by atomic mass is 10.00. The van der Waals surface area contributed by atoms with Crippen molar-refractivity contribution in [1.29, 1.82) is 0 Å². The molecule has 1 aromatic rings. The normalized spacial score (nSPS) is 13.3. The third-order valence-corrected chi connectivity index (χ3v) is 2.67. The lowest BCUT2D eigenvalue weighted by Gasteiger charge is -2.13. The van der Waals surface area contributed by atoms with Gasteiger partial charge in [0.2, 0.25) is 0 Å². The zero-order chi connectivity index (χ0) is 10.7. The first-order chi connectivity index (χ1) is 6.50. The molecule has 0 saturated carbocycles. The van der Waals surface area contributed by atoms with E-state index < -0.39 is 6.10 Å². The van der Waals surface area contributed by atoms with Gasteiger partial charge in [0.05, 0.1) is 10.6 Å². The monoisotopic (exact) mass is 260 g/mol. The van der Waals surface area contributed by atoms with E-state index in [4.69, 9.17) is 0 Å². The number of benzene rings is 1. The van der Waals surface area contributed by atoms with Gasteiger partial charge in [-0.1, -0.05) is 19.9 Å². The van der Waals surface area contributed by atoms with Gasteiger partial charge < -0.3 is 5.11 Å². The second-order valence-electron chi connectivity index (χ2n) is 3.82. The van der Waals surface area contributed by atoms with Gasteiger partial charge in [-0.3, -0.25) is 0 Å². The predicted molar refractivity (Wildman–Crippen MR) is 58.5 cm³/mol. The Balaban J connectivity index is 2.80. The second kappa shape index (κ2) is 4.89. The average molecular weight is 261 g/mol. The number of rotatable bonds is 3. The van der Waals surface area contributed by atoms with Crippen LogP contribution in [-0.2, 0) is 0 Å². The predicted octanol–water partition coefficient (Wildman–Crippen LogP) is 3.67. The molecule has 1 atom stereocenters. The molecule has 0 amide bonds.